The maximum Gasteiger partial charge on any atom is 0.230 e. The first-order chi connectivity index (χ1) is 11.8. The fraction of sp³-hybridized carbons (Fsp3) is 0.158. The molecule has 5 heteroatoms. The Bertz CT molecular complexity index is 812. The third-order valence-corrected chi connectivity index (χ3v) is 3.50. The Hall–Kier alpha value is -3.08. The van der Waals surface area contributed by atoms with Crippen molar-refractivity contribution in [2.75, 3.05) is 11.9 Å². The summed E-state index contributed by atoms with van der Waals surface area (Å²) in [7, 11) is 0. The molecule has 0 bridgehead atoms. The van der Waals surface area contributed by atoms with Crippen LogP contribution in [0, 0.1) is 0 Å². The molecule has 5 nitrogen and oxygen atoms in total. The maximum absolute atomic E-state index is 12.3. The van der Waals surface area contributed by atoms with E-state index < -0.39 is 0 Å². The summed E-state index contributed by atoms with van der Waals surface area (Å²) in [6, 6.07) is 19.1. The van der Waals surface area contributed by atoms with Gasteiger partial charge >= 0.3 is 0 Å². The summed E-state index contributed by atoms with van der Waals surface area (Å²) >= 11 is 0. The highest BCUT2D eigenvalue weighted by atomic mass is 16.5. The van der Waals surface area contributed by atoms with Crippen LogP contribution in [0.4, 0.5) is 5.82 Å². The average Bonchev–Trinajstić information content (AvgIpc) is 3.06. The summed E-state index contributed by atoms with van der Waals surface area (Å²) in [5, 5.41) is 7.20. The van der Waals surface area contributed by atoms with Gasteiger partial charge in [-0.2, -0.15) is 5.10 Å². The van der Waals surface area contributed by atoms with Gasteiger partial charge in [0.05, 0.1) is 18.7 Å². The van der Waals surface area contributed by atoms with E-state index in [1.807, 2.05) is 67.7 Å². The molecule has 0 aliphatic carbocycles. The van der Waals surface area contributed by atoms with Crippen LogP contribution in [0.5, 0.6) is 5.75 Å². The Morgan fingerprint density at radius 3 is 2.62 bits per heavy atom. The maximum atomic E-state index is 12.3. The second kappa shape index (κ2) is 7.46. The van der Waals surface area contributed by atoms with Gasteiger partial charge in [-0.25, -0.2) is 4.68 Å². The van der Waals surface area contributed by atoms with Gasteiger partial charge in [-0.05, 0) is 25.1 Å². The van der Waals surface area contributed by atoms with E-state index in [-0.39, 0.29) is 12.3 Å². The Balaban J connectivity index is 1.67. The normalized spacial score (nSPS) is 10.4. The van der Waals surface area contributed by atoms with Gasteiger partial charge in [0, 0.05) is 17.8 Å². The predicted molar refractivity (Wildman–Crippen MR) is 93.5 cm³/mol. The zero-order valence-electron chi connectivity index (χ0n) is 13.5. The lowest BCUT2D eigenvalue weighted by Gasteiger charge is -2.09. The molecule has 0 saturated carbocycles. The summed E-state index contributed by atoms with van der Waals surface area (Å²) in [5.74, 6) is 1.14. The number of para-hydroxylation sites is 2. The van der Waals surface area contributed by atoms with Crippen molar-refractivity contribution < 1.29 is 9.53 Å². The van der Waals surface area contributed by atoms with Crippen molar-refractivity contribution >= 4 is 11.7 Å². The molecule has 0 saturated heterocycles. The highest BCUT2D eigenvalue weighted by Crippen LogP contribution is 2.19. The summed E-state index contributed by atoms with van der Waals surface area (Å²) in [6.07, 6.45) is 2.06. The number of anilines is 1. The van der Waals surface area contributed by atoms with Gasteiger partial charge in [0.2, 0.25) is 5.91 Å². The number of nitrogens with one attached hydrogen (secondary N) is 1. The van der Waals surface area contributed by atoms with Crippen LogP contribution in [0.25, 0.3) is 5.69 Å². The van der Waals surface area contributed by atoms with Crippen molar-refractivity contribution in [2.45, 2.75) is 13.3 Å². The second-order valence-electron chi connectivity index (χ2n) is 5.25. The van der Waals surface area contributed by atoms with Crippen LogP contribution in [0.15, 0.2) is 66.9 Å². The molecule has 1 heterocycles. The van der Waals surface area contributed by atoms with Crippen LogP contribution < -0.4 is 10.1 Å². The predicted octanol–water partition coefficient (Wildman–Crippen LogP) is 3.45. The van der Waals surface area contributed by atoms with Crippen LogP contribution in [-0.2, 0) is 11.2 Å². The number of hydrogen-bond donors (Lipinski definition) is 1. The van der Waals surface area contributed by atoms with Crippen molar-refractivity contribution in [3.63, 3.8) is 0 Å². The fourth-order valence-electron chi connectivity index (χ4n) is 2.42. The van der Waals surface area contributed by atoms with Crippen LogP contribution in [0.2, 0.25) is 0 Å². The topological polar surface area (TPSA) is 56.1 Å². The SMILES string of the molecule is CCOc1ccccc1CC(=O)Nc1ccn(-c2ccccc2)n1. The quantitative estimate of drug-likeness (QED) is 0.756. The van der Waals surface area contributed by atoms with Gasteiger partial charge in [-0.3, -0.25) is 4.79 Å². The molecule has 0 unspecified atom stereocenters. The zero-order chi connectivity index (χ0) is 16.8. The molecule has 24 heavy (non-hydrogen) atoms. The molecule has 1 aromatic heterocycles. The van der Waals surface area contributed by atoms with E-state index in [2.05, 4.69) is 10.4 Å². The van der Waals surface area contributed by atoms with Gasteiger partial charge in [0.15, 0.2) is 5.82 Å². The summed E-state index contributed by atoms with van der Waals surface area (Å²) in [4.78, 5) is 12.3. The first kappa shape index (κ1) is 15.8. The largest absolute Gasteiger partial charge is 0.494 e. The van der Waals surface area contributed by atoms with E-state index >= 15 is 0 Å². The molecule has 1 amide bonds. The van der Waals surface area contributed by atoms with Crippen molar-refractivity contribution in [1.29, 1.82) is 0 Å². The smallest absolute Gasteiger partial charge is 0.230 e. The van der Waals surface area contributed by atoms with E-state index in [4.69, 9.17) is 4.74 Å². The van der Waals surface area contributed by atoms with Crippen molar-refractivity contribution in [2.24, 2.45) is 0 Å². The first-order valence-electron chi connectivity index (χ1n) is 7.88. The third kappa shape index (κ3) is 3.81. The van der Waals surface area contributed by atoms with Crippen molar-refractivity contribution in [1.82, 2.24) is 9.78 Å². The molecule has 0 aliphatic heterocycles. The lowest BCUT2D eigenvalue weighted by Crippen LogP contribution is -2.15. The Morgan fingerprint density at radius 2 is 1.83 bits per heavy atom. The van der Waals surface area contributed by atoms with Gasteiger partial charge in [-0.1, -0.05) is 36.4 Å². The van der Waals surface area contributed by atoms with Gasteiger partial charge in [0.1, 0.15) is 5.75 Å². The number of carbonyl (C=O) groups excluding carboxylic acids is 1. The number of amides is 1. The monoisotopic (exact) mass is 321 g/mol. The molecule has 2 aromatic carbocycles. The second-order valence-corrected chi connectivity index (χ2v) is 5.25. The minimum absolute atomic E-state index is 0.125. The first-order valence-corrected chi connectivity index (χ1v) is 7.88. The minimum atomic E-state index is -0.125. The number of ether oxygens (including phenoxy) is 1. The highest BCUT2D eigenvalue weighted by Gasteiger charge is 2.10. The Kier molecular flexibility index (Phi) is 4.91. The number of benzene rings is 2. The molecule has 1 N–H and O–H groups in total. The van der Waals surface area contributed by atoms with Crippen molar-refractivity contribution in [3.05, 3.63) is 72.4 Å². The van der Waals surface area contributed by atoms with Gasteiger partial charge in [0.25, 0.3) is 0 Å². The van der Waals surface area contributed by atoms with E-state index in [0.717, 1.165) is 17.0 Å². The number of rotatable bonds is 6. The molecular formula is C19H19N3O2. The number of hydrogen-bond acceptors (Lipinski definition) is 3. The number of aromatic nitrogens is 2. The van der Waals surface area contributed by atoms with Crippen LogP contribution in [0.3, 0.4) is 0 Å². The standard InChI is InChI=1S/C19H19N3O2/c1-2-24-17-11-7-6-8-15(17)14-19(23)20-18-12-13-22(21-18)16-9-4-3-5-10-16/h3-13H,2,14H2,1H3,(H,20,21,23). The fourth-order valence-corrected chi connectivity index (χ4v) is 2.42. The molecule has 0 aliphatic rings. The molecular weight excluding hydrogens is 302 g/mol. The lowest BCUT2D eigenvalue weighted by molar-refractivity contribution is -0.115. The van der Waals surface area contributed by atoms with E-state index in [1.165, 1.54) is 0 Å². The van der Waals surface area contributed by atoms with E-state index in [0.29, 0.717) is 12.4 Å². The van der Waals surface area contributed by atoms with E-state index in [9.17, 15) is 4.79 Å². The molecule has 0 spiro atoms. The molecule has 0 fully saturated rings. The average molecular weight is 321 g/mol. The number of carbonyl (C=O) groups is 1. The molecule has 3 aromatic rings. The van der Waals surface area contributed by atoms with Crippen LogP contribution in [-0.4, -0.2) is 22.3 Å². The third-order valence-electron chi connectivity index (χ3n) is 3.50. The Morgan fingerprint density at radius 1 is 1.08 bits per heavy atom. The molecule has 0 atom stereocenters. The molecule has 122 valence electrons. The molecule has 3 rings (SSSR count). The van der Waals surface area contributed by atoms with Crippen molar-refractivity contribution in [3.8, 4) is 11.4 Å². The Labute approximate surface area is 140 Å². The number of nitrogens with zero attached hydrogens (tertiary/aromatic N) is 2. The lowest BCUT2D eigenvalue weighted by atomic mass is 10.1. The zero-order valence-corrected chi connectivity index (χ0v) is 13.5. The summed E-state index contributed by atoms with van der Waals surface area (Å²) < 4.78 is 7.28. The van der Waals surface area contributed by atoms with Crippen LogP contribution in [0.1, 0.15) is 12.5 Å². The van der Waals surface area contributed by atoms with Crippen LogP contribution >= 0.6 is 0 Å². The van der Waals surface area contributed by atoms with Gasteiger partial charge in [-0.15, -0.1) is 0 Å². The van der Waals surface area contributed by atoms with Gasteiger partial charge < -0.3 is 10.1 Å². The summed E-state index contributed by atoms with van der Waals surface area (Å²) in [6.45, 7) is 2.49. The molecule has 0 radical (unpaired) electrons. The minimum Gasteiger partial charge on any atom is -0.494 e. The van der Waals surface area contributed by atoms with E-state index in [1.54, 1.807) is 10.7 Å². The summed E-state index contributed by atoms with van der Waals surface area (Å²) in [5.41, 5.74) is 1.80. The highest BCUT2D eigenvalue weighted by molar-refractivity contribution is 5.91.